The lowest BCUT2D eigenvalue weighted by atomic mass is 10.00. The van der Waals surface area contributed by atoms with Gasteiger partial charge in [-0.3, -0.25) is 9.79 Å². The Hall–Kier alpha value is -3.71. The summed E-state index contributed by atoms with van der Waals surface area (Å²) >= 11 is 6.23. The largest absolute Gasteiger partial charge is 0.404 e. The standard InChI is InChI=1S/C26H29ClN6O3/c1-33(8-6-23(21(12-29)15-34)30-13-18-4-2-3-5-22(18)27)25-10-26(31-14-20(25)11-28)32-24(16-35)19-7-9-36-17-19/h2-6,8,10,12,14-15,19,24,35H,7,9,13,16-17,29H2,1H3,(H,31,32)/b8-6-,21-12-,30-23?. The van der Waals surface area contributed by atoms with E-state index in [4.69, 9.17) is 22.1 Å². The number of nitrogens with zero attached hydrogens (tertiary/aromatic N) is 4. The molecule has 36 heavy (non-hydrogen) atoms. The number of halogens is 1. The Kier molecular flexibility index (Phi) is 10.0. The van der Waals surface area contributed by atoms with Crippen LogP contribution in [-0.2, 0) is 16.1 Å². The SMILES string of the molecule is CN(/C=C\C(=NCc1ccccc1Cl)/C(C=O)=C\N)c1cc(NC(CO)C2CCOC2)ncc1C#N. The summed E-state index contributed by atoms with van der Waals surface area (Å²) in [5.74, 6) is 0.702. The Balaban J connectivity index is 1.84. The summed E-state index contributed by atoms with van der Waals surface area (Å²) < 4.78 is 5.43. The smallest absolute Gasteiger partial charge is 0.153 e. The molecule has 2 atom stereocenters. The molecule has 2 aromatic rings. The maximum Gasteiger partial charge on any atom is 0.153 e. The first-order valence-electron chi connectivity index (χ1n) is 11.4. The number of carbonyl (C=O) groups is 1. The third-order valence-corrected chi connectivity index (χ3v) is 6.25. The second-order valence-electron chi connectivity index (χ2n) is 8.21. The number of rotatable bonds is 11. The highest BCUT2D eigenvalue weighted by Gasteiger charge is 2.25. The van der Waals surface area contributed by atoms with Crippen LogP contribution in [-0.4, -0.2) is 55.0 Å². The number of anilines is 2. The van der Waals surface area contributed by atoms with E-state index in [0.717, 1.165) is 12.0 Å². The van der Waals surface area contributed by atoms with Gasteiger partial charge in [0.2, 0.25) is 0 Å². The molecule has 2 heterocycles. The van der Waals surface area contributed by atoms with Crippen molar-refractivity contribution in [3.8, 4) is 6.07 Å². The lowest BCUT2D eigenvalue weighted by Crippen LogP contribution is -2.33. The first kappa shape index (κ1) is 26.9. The molecular formula is C26H29ClN6O3. The van der Waals surface area contributed by atoms with Gasteiger partial charge in [0, 0.05) is 49.3 Å². The summed E-state index contributed by atoms with van der Waals surface area (Å²) in [6.07, 6.45) is 7.49. The van der Waals surface area contributed by atoms with Crippen LogP contribution in [0.2, 0.25) is 5.02 Å². The number of benzene rings is 1. The molecule has 188 valence electrons. The number of carbonyl (C=O) groups excluding carboxylic acids is 1. The van der Waals surface area contributed by atoms with Crippen LogP contribution in [0, 0.1) is 17.2 Å². The maximum absolute atomic E-state index is 11.6. The molecule has 0 amide bonds. The van der Waals surface area contributed by atoms with E-state index < -0.39 is 0 Å². The van der Waals surface area contributed by atoms with Gasteiger partial charge >= 0.3 is 0 Å². The van der Waals surface area contributed by atoms with Gasteiger partial charge in [0.05, 0.1) is 48.3 Å². The molecule has 4 N–H and O–H groups in total. The van der Waals surface area contributed by atoms with Crippen LogP contribution in [0.3, 0.4) is 0 Å². The van der Waals surface area contributed by atoms with Crippen LogP contribution >= 0.6 is 11.6 Å². The zero-order chi connectivity index (χ0) is 25.9. The van der Waals surface area contributed by atoms with Crippen molar-refractivity contribution in [1.29, 1.82) is 5.26 Å². The van der Waals surface area contributed by atoms with Gasteiger partial charge in [-0.05, 0) is 24.1 Å². The maximum atomic E-state index is 11.6. The fourth-order valence-corrected chi connectivity index (χ4v) is 3.95. The number of nitrogens with one attached hydrogen (secondary N) is 1. The van der Waals surface area contributed by atoms with E-state index in [1.54, 1.807) is 36.4 Å². The molecule has 0 saturated carbocycles. The molecule has 1 aliphatic heterocycles. The number of ether oxygens (including phenoxy) is 1. The van der Waals surface area contributed by atoms with Crippen LogP contribution in [0.4, 0.5) is 11.5 Å². The average Bonchev–Trinajstić information content (AvgIpc) is 3.44. The van der Waals surface area contributed by atoms with Gasteiger partial charge in [-0.25, -0.2) is 4.98 Å². The van der Waals surface area contributed by atoms with Crippen LogP contribution in [0.15, 0.2) is 65.6 Å². The molecule has 1 aromatic heterocycles. The lowest BCUT2D eigenvalue weighted by Gasteiger charge is -2.23. The Morgan fingerprint density at radius 1 is 1.50 bits per heavy atom. The number of aliphatic hydroxyl groups is 1. The summed E-state index contributed by atoms with van der Waals surface area (Å²) in [6.45, 7) is 1.44. The Morgan fingerprint density at radius 3 is 2.94 bits per heavy atom. The molecule has 1 saturated heterocycles. The molecule has 9 nitrogen and oxygen atoms in total. The molecule has 0 aliphatic carbocycles. The van der Waals surface area contributed by atoms with Crippen LogP contribution < -0.4 is 16.0 Å². The van der Waals surface area contributed by atoms with Crippen molar-refractivity contribution in [3.63, 3.8) is 0 Å². The minimum Gasteiger partial charge on any atom is -0.404 e. The average molecular weight is 509 g/mol. The van der Waals surface area contributed by atoms with E-state index in [1.165, 1.54) is 12.4 Å². The van der Waals surface area contributed by atoms with Gasteiger partial charge < -0.3 is 25.8 Å². The minimum absolute atomic E-state index is 0.0636. The fourth-order valence-electron chi connectivity index (χ4n) is 3.76. The topological polar surface area (TPSA) is 137 Å². The molecule has 0 bridgehead atoms. The monoisotopic (exact) mass is 508 g/mol. The fraction of sp³-hybridized carbons (Fsp3) is 0.308. The first-order chi connectivity index (χ1) is 17.5. The minimum atomic E-state index is -0.213. The zero-order valence-corrected chi connectivity index (χ0v) is 20.7. The van der Waals surface area contributed by atoms with E-state index in [2.05, 4.69) is 21.4 Å². The van der Waals surface area contributed by atoms with E-state index >= 15 is 0 Å². The summed E-state index contributed by atoms with van der Waals surface area (Å²) in [5.41, 5.74) is 7.98. The van der Waals surface area contributed by atoms with Gasteiger partial charge in [-0.15, -0.1) is 0 Å². The molecule has 0 radical (unpaired) electrons. The molecule has 1 aromatic carbocycles. The number of aromatic nitrogens is 1. The van der Waals surface area contributed by atoms with Crippen LogP contribution in [0.1, 0.15) is 17.5 Å². The van der Waals surface area contributed by atoms with Crippen molar-refractivity contribution < 1.29 is 14.6 Å². The summed E-state index contributed by atoms with van der Waals surface area (Å²) in [7, 11) is 1.77. The second-order valence-corrected chi connectivity index (χ2v) is 8.62. The zero-order valence-electron chi connectivity index (χ0n) is 20.0. The highest BCUT2D eigenvalue weighted by Crippen LogP contribution is 2.25. The van der Waals surface area contributed by atoms with Crippen LogP contribution in [0.5, 0.6) is 0 Å². The number of aliphatic hydroxyl groups excluding tert-OH is 1. The van der Waals surface area contributed by atoms with Gasteiger partial charge in [0.1, 0.15) is 11.9 Å². The number of nitrogens with two attached hydrogens (primary N) is 1. The normalized spacial score (nSPS) is 17.1. The van der Waals surface area contributed by atoms with Crippen molar-refractivity contribution >= 4 is 35.1 Å². The Labute approximate surface area is 215 Å². The predicted molar refractivity (Wildman–Crippen MR) is 141 cm³/mol. The lowest BCUT2D eigenvalue weighted by molar-refractivity contribution is -0.104. The van der Waals surface area contributed by atoms with E-state index in [9.17, 15) is 15.2 Å². The third kappa shape index (κ3) is 6.92. The molecule has 0 spiro atoms. The van der Waals surface area contributed by atoms with Crippen molar-refractivity contribution in [2.24, 2.45) is 16.6 Å². The third-order valence-electron chi connectivity index (χ3n) is 5.88. The number of allylic oxidation sites excluding steroid dienone is 2. The van der Waals surface area contributed by atoms with Gasteiger partial charge in [0.25, 0.3) is 0 Å². The van der Waals surface area contributed by atoms with E-state index in [-0.39, 0.29) is 30.7 Å². The number of aliphatic imine (C=N–C) groups is 1. The number of aldehydes is 1. The first-order valence-corrected chi connectivity index (χ1v) is 11.8. The number of pyridine rings is 1. The van der Waals surface area contributed by atoms with Crippen LogP contribution in [0.25, 0.3) is 0 Å². The van der Waals surface area contributed by atoms with E-state index in [0.29, 0.717) is 47.3 Å². The summed E-state index contributed by atoms with van der Waals surface area (Å²) in [6, 6.07) is 11.0. The predicted octanol–water partition coefficient (Wildman–Crippen LogP) is 3.05. The second kappa shape index (κ2) is 13.4. The van der Waals surface area contributed by atoms with E-state index in [1.807, 2.05) is 18.2 Å². The molecule has 2 unspecified atom stereocenters. The van der Waals surface area contributed by atoms with Gasteiger partial charge in [-0.2, -0.15) is 5.26 Å². The summed E-state index contributed by atoms with van der Waals surface area (Å²) in [4.78, 5) is 22.1. The van der Waals surface area contributed by atoms with Crippen molar-refractivity contribution in [3.05, 3.63) is 76.7 Å². The highest BCUT2D eigenvalue weighted by atomic mass is 35.5. The number of nitriles is 1. The van der Waals surface area contributed by atoms with Crippen molar-refractivity contribution in [2.75, 3.05) is 37.1 Å². The van der Waals surface area contributed by atoms with Gasteiger partial charge in [0.15, 0.2) is 6.29 Å². The Morgan fingerprint density at radius 2 is 2.31 bits per heavy atom. The molecule has 1 fully saturated rings. The highest BCUT2D eigenvalue weighted by molar-refractivity contribution is 6.31. The molecule has 3 rings (SSSR count). The number of hydrogen-bond acceptors (Lipinski definition) is 9. The quantitative estimate of drug-likeness (QED) is 0.239. The molecule has 1 aliphatic rings. The van der Waals surface area contributed by atoms with Crippen molar-refractivity contribution in [2.45, 2.75) is 19.0 Å². The summed E-state index contributed by atoms with van der Waals surface area (Å²) in [5, 5.41) is 23.3. The van der Waals surface area contributed by atoms with Crippen molar-refractivity contribution in [1.82, 2.24) is 4.98 Å². The Bertz CT molecular complexity index is 1180. The van der Waals surface area contributed by atoms with Gasteiger partial charge in [-0.1, -0.05) is 29.8 Å². The molecular weight excluding hydrogens is 480 g/mol. The number of hydrogen-bond donors (Lipinski definition) is 3. The molecule has 10 heteroatoms.